The van der Waals surface area contributed by atoms with E-state index in [9.17, 15) is 4.79 Å². The van der Waals surface area contributed by atoms with Crippen molar-refractivity contribution in [2.45, 2.75) is 18.9 Å². The van der Waals surface area contributed by atoms with Crippen LogP contribution >= 0.6 is 11.3 Å². The van der Waals surface area contributed by atoms with E-state index in [1.54, 1.807) is 7.11 Å². The molecule has 1 aromatic heterocycles. The molecule has 0 bridgehead atoms. The zero-order valence-corrected chi connectivity index (χ0v) is 28.3. The number of benzene rings is 6. The predicted octanol–water partition coefficient (Wildman–Crippen LogP) is 10.7. The number of hydrogen-bond donors (Lipinski definition) is 0. The van der Waals surface area contributed by atoms with Gasteiger partial charge in [0.2, 0.25) is 0 Å². The number of thiophene rings is 1. The van der Waals surface area contributed by atoms with Crippen molar-refractivity contribution in [3.63, 3.8) is 0 Å². The standard InChI is InChI=1S/C44H36O4S/c1-46-36-24-21-33(22-25-36)38-29-35(23-26-39(38)48-40(44(45)47-2)27-30-11-5-3-6-12-30)32-17-19-34(20-18-32)43-37-15-9-10-16-41(37)49-42(43)28-31-13-7-4-8-14-31/h3-26,29,40H,27-28H2,1-2H3/t40-/m1/s1. The third kappa shape index (κ3) is 7.13. The molecule has 5 heteroatoms. The first-order valence-electron chi connectivity index (χ1n) is 16.3. The number of methoxy groups -OCH3 is 2. The molecule has 0 N–H and O–H groups in total. The molecule has 6 aromatic carbocycles. The Bertz CT molecular complexity index is 2170. The number of carbonyl (C=O) groups excluding carboxylic acids is 1. The van der Waals surface area contributed by atoms with Crippen LogP contribution in [0.5, 0.6) is 11.5 Å². The maximum atomic E-state index is 12.9. The molecule has 0 unspecified atom stereocenters. The minimum Gasteiger partial charge on any atom is -0.497 e. The molecular weight excluding hydrogens is 625 g/mol. The molecule has 0 radical (unpaired) electrons. The fraction of sp³-hybridized carbons (Fsp3) is 0.114. The molecule has 4 nitrogen and oxygen atoms in total. The molecule has 0 aliphatic carbocycles. The third-order valence-corrected chi connectivity index (χ3v) is 9.93. The van der Waals surface area contributed by atoms with E-state index < -0.39 is 12.1 Å². The minimum absolute atomic E-state index is 0.391. The lowest BCUT2D eigenvalue weighted by Gasteiger charge is -2.20. The van der Waals surface area contributed by atoms with Gasteiger partial charge < -0.3 is 14.2 Å². The van der Waals surface area contributed by atoms with Crippen LogP contribution in [0.3, 0.4) is 0 Å². The molecule has 7 aromatic rings. The summed E-state index contributed by atoms with van der Waals surface area (Å²) >= 11 is 1.87. The maximum Gasteiger partial charge on any atom is 0.347 e. The van der Waals surface area contributed by atoms with Crippen LogP contribution < -0.4 is 9.47 Å². The van der Waals surface area contributed by atoms with Gasteiger partial charge in [0, 0.05) is 38.9 Å². The Morgan fingerprint density at radius 3 is 1.94 bits per heavy atom. The fourth-order valence-corrected chi connectivity index (χ4v) is 7.50. The summed E-state index contributed by atoms with van der Waals surface area (Å²) in [5.74, 6) is 0.950. The third-order valence-electron chi connectivity index (χ3n) is 8.76. The first kappa shape index (κ1) is 31.9. The Morgan fingerprint density at radius 2 is 1.24 bits per heavy atom. The van der Waals surface area contributed by atoms with Gasteiger partial charge >= 0.3 is 5.97 Å². The van der Waals surface area contributed by atoms with Gasteiger partial charge in [-0.1, -0.05) is 121 Å². The second kappa shape index (κ2) is 14.6. The molecule has 0 saturated carbocycles. The first-order valence-corrected chi connectivity index (χ1v) is 17.1. The quantitative estimate of drug-likeness (QED) is 0.130. The van der Waals surface area contributed by atoms with Crippen molar-refractivity contribution < 1.29 is 19.0 Å². The number of rotatable bonds is 11. The Labute approximate surface area is 291 Å². The summed E-state index contributed by atoms with van der Waals surface area (Å²) in [7, 11) is 3.05. The van der Waals surface area contributed by atoms with Crippen LogP contribution in [-0.2, 0) is 22.4 Å². The molecule has 0 aliphatic heterocycles. The monoisotopic (exact) mass is 660 g/mol. The number of esters is 1. The van der Waals surface area contributed by atoms with Crippen molar-refractivity contribution in [1.82, 2.24) is 0 Å². The SMILES string of the molecule is COC(=O)[C@@H](Cc1ccccc1)Oc1ccc(-c2ccc(-c3c(Cc4ccccc4)sc4ccccc34)cc2)cc1-c1ccc(OC)cc1. The van der Waals surface area contributed by atoms with Gasteiger partial charge in [-0.05, 0) is 63.7 Å². The van der Waals surface area contributed by atoms with E-state index in [0.717, 1.165) is 40.0 Å². The van der Waals surface area contributed by atoms with E-state index >= 15 is 0 Å². The van der Waals surface area contributed by atoms with Crippen molar-refractivity contribution in [1.29, 1.82) is 0 Å². The Morgan fingerprint density at radius 1 is 0.633 bits per heavy atom. The van der Waals surface area contributed by atoms with Crippen LogP contribution in [0.2, 0.25) is 0 Å². The van der Waals surface area contributed by atoms with Gasteiger partial charge in [-0.15, -0.1) is 11.3 Å². The highest BCUT2D eigenvalue weighted by molar-refractivity contribution is 7.19. The van der Waals surface area contributed by atoms with Crippen LogP contribution in [0.1, 0.15) is 16.0 Å². The molecule has 0 saturated heterocycles. The first-order chi connectivity index (χ1) is 24.1. The highest BCUT2D eigenvalue weighted by Crippen LogP contribution is 2.41. The summed E-state index contributed by atoms with van der Waals surface area (Å²) in [5, 5.41) is 1.28. The number of hydrogen-bond acceptors (Lipinski definition) is 5. The van der Waals surface area contributed by atoms with Crippen molar-refractivity contribution in [2.75, 3.05) is 14.2 Å². The van der Waals surface area contributed by atoms with Crippen LogP contribution in [0.15, 0.2) is 152 Å². The molecule has 1 heterocycles. The Balaban J connectivity index is 1.25. The maximum absolute atomic E-state index is 12.9. The predicted molar refractivity (Wildman–Crippen MR) is 201 cm³/mol. The van der Waals surface area contributed by atoms with Gasteiger partial charge in [0.05, 0.1) is 14.2 Å². The molecule has 0 aliphatic rings. The Kier molecular flexibility index (Phi) is 9.53. The second-order valence-corrected chi connectivity index (χ2v) is 13.0. The molecular formula is C44H36O4S. The second-order valence-electron chi connectivity index (χ2n) is 11.9. The van der Waals surface area contributed by atoms with Gasteiger partial charge in [0.1, 0.15) is 11.5 Å². The molecule has 242 valence electrons. The van der Waals surface area contributed by atoms with E-state index in [4.69, 9.17) is 14.2 Å². The van der Waals surface area contributed by atoms with Gasteiger partial charge in [-0.2, -0.15) is 0 Å². The Hall–Kier alpha value is -5.65. The summed E-state index contributed by atoms with van der Waals surface area (Å²) in [6, 6.07) is 52.0. The van der Waals surface area contributed by atoms with Gasteiger partial charge in [-0.3, -0.25) is 0 Å². The largest absolute Gasteiger partial charge is 0.497 e. The summed E-state index contributed by atoms with van der Waals surface area (Å²) < 4.78 is 18.3. The van der Waals surface area contributed by atoms with E-state index in [1.807, 2.05) is 72.0 Å². The van der Waals surface area contributed by atoms with Crippen molar-refractivity contribution in [3.05, 3.63) is 168 Å². The lowest BCUT2D eigenvalue weighted by atomic mass is 9.95. The van der Waals surface area contributed by atoms with Crippen LogP contribution in [0, 0.1) is 0 Å². The highest BCUT2D eigenvalue weighted by Gasteiger charge is 2.24. The van der Waals surface area contributed by atoms with Crippen LogP contribution in [0.25, 0.3) is 43.5 Å². The molecule has 0 spiro atoms. The lowest BCUT2D eigenvalue weighted by molar-refractivity contribution is -0.148. The summed E-state index contributed by atoms with van der Waals surface area (Å²) in [6.07, 6.45) is 0.475. The zero-order valence-electron chi connectivity index (χ0n) is 27.5. The molecule has 49 heavy (non-hydrogen) atoms. The summed E-state index contributed by atoms with van der Waals surface area (Å²) in [4.78, 5) is 14.3. The normalized spacial score (nSPS) is 11.6. The molecule has 0 amide bonds. The average molecular weight is 661 g/mol. The fourth-order valence-electron chi connectivity index (χ4n) is 6.24. The van der Waals surface area contributed by atoms with Crippen molar-refractivity contribution >= 4 is 27.4 Å². The van der Waals surface area contributed by atoms with Crippen LogP contribution in [0.4, 0.5) is 0 Å². The van der Waals surface area contributed by atoms with E-state index in [1.165, 1.54) is 38.8 Å². The van der Waals surface area contributed by atoms with Gasteiger partial charge in [0.25, 0.3) is 0 Å². The number of fused-ring (bicyclic) bond motifs is 1. The van der Waals surface area contributed by atoms with Gasteiger partial charge in [0.15, 0.2) is 6.10 Å². The molecule has 7 rings (SSSR count). The summed E-state index contributed by atoms with van der Waals surface area (Å²) in [5.41, 5.74) is 8.75. The van der Waals surface area contributed by atoms with Gasteiger partial charge in [-0.25, -0.2) is 4.79 Å². The van der Waals surface area contributed by atoms with E-state index in [0.29, 0.717) is 12.2 Å². The van der Waals surface area contributed by atoms with E-state index in [2.05, 4.69) is 91.0 Å². The number of carbonyl (C=O) groups is 1. The van der Waals surface area contributed by atoms with Crippen molar-refractivity contribution in [3.8, 4) is 44.9 Å². The lowest BCUT2D eigenvalue weighted by Crippen LogP contribution is -2.31. The van der Waals surface area contributed by atoms with E-state index in [-0.39, 0.29) is 0 Å². The zero-order chi connectivity index (χ0) is 33.6. The topological polar surface area (TPSA) is 44.8 Å². The average Bonchev–Trinajstić information content (AvgIpc) is 3.53. The minimum atomic E-state index is -0.806. The van der Waals surface area contributed by atoms with Crippen molar-refractivity contribution in [2.24, 2.45) is 0 Å². The smallest absolute Gasteiger partial charge is 0.347 e. The van der Waals surface area contributed by atoms with Crippen LogP contribution in [-0.4, -0.2) is 26.3 Å². The highest BCUT2D eigenvalue weighted by atomic mass is 32.1. The summed E-state index contributed by atoms with van der Waals surface area (Å²) in [6.45, 7) is 0. The molecule has 0 fully saturated rings. The molecule has 1 atom stereocenters. The number of ether oxygens (including phenoxy) is 3.